The first-order chi connectivity index (χ1) is 38.2. The van der Waals surface area contributed by atoms with Crippen LogP contribution >= 0.6 is 12.6 Å². The van der Waals surface area contributed by atoms with Crippen LogP contribution in [0, 0.1) is 47.3 Å². The van der Waals surface area contributed by atoms with Crippen molar-refractivity contribution in [2.75, 3.05) is 5.75 Å². The van der Waals surface area contributed by atoms with Crippen molar-refractivity contribution < 1.29 is 53.1 Å². The molecule has 0 fully saturated rings. The van der Waals surface area contributed by atoms with Crippen LogP contribution in [0.15, 0.2) is 30.3 Å². The summed E-state index contributed by atoms with van der Waals surface area (Å²) in [7, 11) is 0. The summed E-state index contributed by atoms with van der Waals surface area (Å²) in [6, 6.07) is -2.60. The van der Waals surface area contributed by atoms with Gasteiger partial charge in [-0.25, -0.2) is 4.79 Å². The molecular formula is C60H104N10O11S. The second-order valence-electron chi connectivity index (χ2n) is 24.8. The Balaban J connectivity index is 3.51. The predicted molar refractivity (Wildman–Crippen MR) is 323 cm³/mol. The molecule has 1 rings (SSSR count). The number of carboxylic acid groups (broad SMARTS) is 1. The zero-order valence-corrected chi connectivity index (χ0v) is 52.8. The van der Waals surface area contributed by atoms with Crippen molar-refractivity contribution in [2.45, 2.75) is 229 Å². The van der Waals surface area contributed by atoms with E-state index in [4.69, 9.17) is 5.73 Å². The van der Waals surface area contributed by atoms with Crippen LogP contribution in [0.5, 0.6) is 0 Å². The van der Waals surface area contributed by atoms with Gasteiger partial charge in [0.1, 0.15) is 54.4 Å². The van der Waals surface area contributed by atoms with Gasteiger partial charge in [-0.1, -0.05) is 154 Å². The molecule has 0 aliphatic rings. The summed E-state index contributed by atoms with van der Waals surface area (Å²) < 4.78 is 0. The van der Waals surface area contributed by atoms with Crippen LogP contribution in [0.25, 0.3) is 0 Å². The highest BCUT2D eigenvalue weighted by Gasteiger charge is 2.37. The third kappa shape index (κ3) is 27.5. The van der Waals surface area contributed by atoms with Gasteiger partial charge >= 0.3 is 5.97 Å². The van der Waals surface area contributed by atoms with Crippen LogP contribution in [0.2, 0.25) is 0 Å². The molecule has 9 amide bonds. The number of hydrogen-bond donors (Lipinski definition) is 12. The summed E-state index contributed by atoms with van der Waals surface area (Å²) in [6.07, 6.45) is 2.11. The Labute approximate surface area is 494 Å². The van der Waals surface area contributed by atoms with Crippen molar-refractivity contribution in [3.8, 4) is 0 Å². The molecule has 1 aromatic rings. The topological polar surface area (TPSA) is 325 Å². The van der Waals surface area contributed by atoms with Crippen LogP contribution in [-0.4, -0.2) is 130 Å². The van der Waals surface area contributed by atoms with E-state index in [9.17, 15) is 53.1 Å². The quantitative estimate of drug-likeness (QED) is 0.0413. The zero-order chi connectivity index (χ0) is 62.7. The minimum absolute atomic E-state index is 0.00516. The Kier molecular flexibility index (Phi) is 33.9. The molecule has 1 aromatic carbocycles. The Morgan fingerprint density at radius 3 is 1.00 bits per heavy atom. The zero-order valence-electron chi connectivity index (χ0n) is 51.9. The molecule has 0 aliphatic carbocycles. The van der Waals surface area contributed by atoms with Gasteiger partial charge in [-0.2, -0.15) is 12.6 Å². The number of carbonyl (C=O) groups excluding carboxylic acids is 9. The normalized spacial score (nSPS) is 16.0. The fourth-order valence-electron chi connectivity index (χ4n) is 9.09. The summed E-state index contributed by atoms with van der Waals surface area (Å²) in [5, 5.41) is 34.7. The van der Waals surface area contributed by atoms with Gasteiger partial charge in [0.2, 0.25) is 53.2 Å². The van der Waals surface area contributed by atoms with E-state index < -0.39 is 125 Å². The maximum atomic E-state index is 14.5. The first kappa shape index (κ1) is 74.2. The number of carbonyl (C=O) groups is 10. The number of hydrogen-bond acceptors (Lipinski definition) is 12. The van der Waals surface area contributed by atoms with Crippen molar-refractivity contribution in [3.05, 3.63) is 35.9 Å². The molecule has 0 radical (unpaired) electrons. The second kappa shape index (κ2) is 37.4. The van der Waals surface area contributed by atoms with Crippen molar-refractivity contribution in [1.29, 1.82) is 0 Å². The lowest BCUT2D eigenvalue weighted by molar-refractivity contribution is -0.143. The Morgan fingerprint density at radius 2 is 0.671 bits per heavy atom. The second-order valence-corrected chi connectivity index (χ2v) is 25.1. The lowest BCUT2D eigenvalue weighted by Crippen LogP contribution is -2.62. The number of thiol groups is 1. The fraction of sp³-hybridized carbons (Fsp3) is 0.733. The lowest BCUT2D eigenvalue weighted by Gasteiger charge is -2.30. The molecular weight excluding hydrogens is 1070 g/mol. The summed E-state index contributed by atoms with van der Waals surface area (Å²) in [5.74, 6) is -8.59. The first-order valence-corrected chi connectivity index (χ1v) is 30.2. The molecule has 0 unspecified atom stereocenters. The van der Waals surface area contributed by atoms with Crippen LogP contribution < -0.4 is 53.6 Å². The number of amides is 9. The molecule has 12 atom stereocenters. The molecule has 0 aliphatic heterocycles. The molecule has 0 bridgehead atoms. The third-order valence-corrected chi connectivity index (χ3v) is 14.5. The van der Waals surface area contributed by atoms with Crippen molar-refractivity contribution in [2.24, 2.45) is 53.1 Å². The number of rotatable bonds is 38. The van der Waals surface area contributed by atoms with Gasteiger partial charge in [0.15, 0.2) is 0 Å². The number of nitrogens with two attached hydrogens (primary N) is 1. The molecule has 82 heavy (non-hydrogen) atoms. The van der Waals surface area contributed by atoms with E-state index in [0.29, 0.717) is 18.4 Å². The van der Waals surface area contributed by atoms with E-state index in [1.54, 1.807) is 37.3 Å². The Bertz CT molecular complexity index is 2210. The van der Waals surface area contributed by atoms with E-state index in [1.165, 1.54) is 0 Å². The maximum Gasteiger partial charge on any atom is 0.326 e. The minimum atomic E-state index is -1.31. The highest BCUT2D eigenvalue weighted by molar-refractivity contribution is 7.80. The number of aliphatic carboxylic acids is 1. The summed E-state index contributed by atoms with van der Waals surface area (Å²) in [5.41, 5.74) is 6.88. The molecule has 12 N–H and O–H groups in total. The van der Waals surface area contributed by atoms with E-state index in [-0.39, 0.29) is 92.1 Å². The van der Waals surface area contributed by atoms with Gasteiger partial charge in [-0.3, -0.25) is 43.2 Å². The SMILES string of the molecule is CC[C@H](C)[C@H](N)C(=O)N[C@@H](CC(C)C)C(=O)N[C@@H](CC(C)C)C(=O)N[C@@H](CC(C)C)C(=O)N[C@@H](CS)C(=O)N[C@@H](CC(C)C)C(=O)N[C@H](C(=O)N[C@@H](Cc1ccccc1)C(=O)N[C@@H](CC(C)C)C(=O)N[C@@H](CC(C)C)C(=O)O)[C@@H](C)CC. The van der Waals surface area contributed by atoms with Gasteiger partial charge in [0, 0.05) is 12.2 Å². The molecule has 21 nitrogen and oxygen atoms in total. The average Bonchev–Trinajstić information content (AvgIpc) is 3.42. The van der Waals surface area contributed by atoms with Crippen molar-refractivity contribution in [1.82, 2.24) is 47.9 Å². The van der Waals surface area contributed by atoms with Crippen molar-refractivity contribution >= 4 is 71.8 Å². The largest absolute Gasteiger partial charge is 0.480 e. The van der Waals surface area contributed by atoms with E-state index >= 15 is 0 Å². The van der Waals surface area contributed by atoms with E-state index in [2.05, 4.69) is 60.5 Å². The van der Waals surface area contributed by atoms with Crippen LogP contribution in [0.3, 0.4) is 0 Å². The molecule has 0 heterocycles. The standard InChI is InChI=1S/C60H104N10O11S/c1-17-38(15)49(61)58(78)66-44(27-35(9)10)52(72)62-41(24-32(3)4)51(71)63-43(26-34(7)8)54(74)69-48(31-82)57(77)65-45(28-36(11)12)56(76)70-50(39(16)18-2)59(79)67-46(30-40-22-20-19-21-23-40)55(75)64-42(25-33(5)6)53(73)68-47(60(80)81)29-37(13)14/h19-23,32-39,41-50,82H,17-18,24-31,61H2,1-16H3,(H,62,72)(H,63,71)(H,64,75)(H,65,77)(H,66,78)(H,67,79)(H,68,73)(H,69,74)(H,70,76)(H,80,81)/t38-,39-,41-,42-,43-,44-,45-,46-,47-,48-,49-,50-/m0/s1. The molecule has 0 aromatic heterocycles. The van der Waals surface area contributed by atoms with Gasteiger partial charge in [-0.05, 0) is 91.4 Å². The van der Waals surface area contributed by atoms with Crippen LogP contribution in [-0.2, 0) is 54.4 Å². The molecule has 0 saturated carbocycles. The van der Waals surface area contributed by atoms with Crippen molar-refractivity contribution in [3.63, 3.8) is 0 Å². The highest BCUT2D eigenvalue weighted by atomic mass is 32.1. The molecule has 22 heteroatoms. The minimum Gasteiger partial charge on any atom is -0.480 e. The predicted octanol–water partition coefficient (Wildman–Crippen LogP) is 4.30. The van der Waals surface area contributed by atoms with E-state index in [1.807, 2.05) is 104 Å². The molecule has 0 spiro atoms. The molecule has 466 valence electrons. The number of carboxylic acids is 1. The fourth-order valence-corrected chi connectivity index (χ4v) is 9.35. The maximum absolute atomic E-state index is 14.5. The number of nitrogens with one attached hydrogen (secondary N) is 9. The van der Waals surface area contributed by atoms with Gasteiger partial charge < -0.3 is 58.7 Å². The third-order valence-electron chi connectivity index (χ3n) is 14.1. The summed E-state index contributed by atoms with van der Waals surface area (Å²) >= 11 is 4.39. The smallest absolute Gasteiger partial charge is 0.326 e. The summed E-state index contributed by atoms with van der Waals surface area (Å²) in [4.78, 5) is 139. The van der Waals surface area contributed by atoms with Gasteiger partial charge in [-0.15, -0.1) is 0 Å². The van der Waals surface area contributed by atoms with E-state index in [0.717, 1.165) is 0 Å². The Morgan fingerprint density at radius 1 is 0.390 bits per heavy atom. The van der Waals surface area contributed by atoms with Crippen LogP contribution in [0.4, 0.5) is 0 Å². The first-order valence-electron chi connectivity index (χ1n) is 29.6. The molecule has 0 saturated heterocycles. The highest BCUT2D eigenvalue weighted by Crippen LogP contribution is 2.17. The average molecular weight is 1170 g/mol. The van der Waals surface area contributed by atoms with Gasteiger partial charge in [0.05, 0.1) is 6.04 Å². The monoisotopic (exact) mass is 1170 g/mol. The van der Waals surface area contributed by atoms with Crippen LogP contribution in [0.1, 0.15) is 168 Å². The number of benzene rings is 1. The lowest BCUT2D eigenvalue weighted by atomic mass is 9.95. The summed E-state index contributed by atoms with van der Waals surface area (Å²) in [6.45, 7) is 29.6. The van der Waals surface area contributed by atoms with Gasteiger partial charge in [0.25, 0.3) is 0 Å². The Hall–Kier alpha value is -5.77.